The molecule has 7 heteroatoms. The highest BCUT2D eigenvalue weighted by Crippen LogP contribution is 2.17. The first-order chi connectivity index (χ1) is 9.56. The molecule has 0 aliphatic rings. The summed E-state index contributed by atoms with van der Waals surface area (Å²) < 4.78 is 18.6. The van der Waals surface area contributed by atoms with Crippen molar-refractivity contribution in [3.05, 3.63) is 30.1 Å². The second kappa shape index (κ2) is 6.14. The zero-order valence-corrected chi connectivity index (χ0v) is 11.5. The van der Waals surface area contributed by atoms with Gasteiger partial charge >= 0.3 is 6.01 Å². The van der Waals surface area contributed by atoms with Crippen LogP contribution < -0.4 is 15.4 Å². The van der Waals surface area contributed by atoms with Gasteiger partial charge in [-0.25, -0.2) is 4.39 Å². The number of aromatic nitrogens is 3. The lowest BCUT2D eigenvalue weighted by molar-refractivity contribution is 0.222. The predicted molar refractivity (Wildman–Crippen MR) is 74.8 cm³/mol. The largest absolute Gasteiger partial charge is 0.461 e. The standard InChI is InChI=1S/C13H16FN5O/c1-8(2)20-13-18-11(15-3)17-12(19-13)16-10-6-4-5-9(14)7-10/h4-8H,1-3H3,(H2,15,16,17,18,19). The maximum atomic E-state index is 13.1. The minimum atomic E-state index is -0.337. The van der Waals surface area contributed by atoms with Gasteiger partial charge in [-0.05, 0) is 32.0 Å². The molecule has 1 aromatic carbocycles. The number of nitrogens with one attached hydrogen (secondary N) is 2. The zero-order chi connectivity index (χ0) is 14.5. The quantitative estimate of drug-likeness (QED) is 0.875. The number of ether oxygens (including phenoxy) is 1. The van der Waals surface area contributed by atoms with Gasteiger partial charge in [-0.15, -0.1) is 0 Å². The molecule has 0 spiro atoms. The van der Waals surface area contributed by atoms with Crippen LogP contribution in [0.2, 0.25) is 0 Å². The average molecular weight is 277 g/mol. The summed E-state index contributed by atoms with van der Waals surface area (Å²) in [5.41, 5.74) is 0.550. The summed E-state index contributed by atoms with van der Waals surface area (Å²) in [6.07, 6.45) is -0.0517. The van der Waals surface area contributed by atoms with Gasteiger partial charge in [0.05, 0.1) is 6.10 Å². The van der Waals surface area contributed by atoms with E-state index in [1.54, 1.807) is 19.2 Å². The first kappa shape index (κ1) is 14.0. The van der Waals surface area contributed by atoms with Crippen LogP contribution in [0.1, 0.15) is 13.8 Å². The predicted octanol–water partition coefficient (Wildman–Crippen LogP) is 2.58. The van der Waals surface area contributed by atoms with Gasteiger partial charge in [-0.3, -0.25) is 0 Å². The van der Waals surface area contributed by atoms with E-state index < -0.39 is 0 Å². The number of halogens is 1. The van der Waals surface area contributed by atoms with E-state index in [2.05, 4.69) is 25.6 Å². The molecule has 0 aliphatic heterocycles. The molecule has 2 aromatic rings. The topological polar surface area (TPSA) is 72.0 Å². The minimum absolute atomic E-state index is 0.0517. The Hall–Kier alpha value is -2.44. The monoisotopic (exact) mass is 277 g/mol. The molecule has 1 heterocycles. The van der Waals surface area contributed by atoms with E-state index in [4.69, 9.17) is 4.74 Å². The molecule has 0 fully saturated rings. The van der Waals surface area contributed by atoms with Crippen LogP contribution in [0.15, 0.2) is 24.3 Å². The summed E-state index contributed by atoms with van der Waals surface area (Å²) in [6, 6.07) is 6.24. The van der Waals surface area contributed by atoms with Gasteiger partial charge in [0.2, 0.25) is 11.9 Å². The van der Waals surface area contributed by atoms with Gasteiger partial charge < -0.3 is 15.4 Å². The summed E-state index contributed by atoms with van der Waals surface area (Å²) in [6.45, 7) is 3.75. The molecule has 2 rings (SSSR count). The van der Waals surface area contributed by atoms with Gasteiger partial charge in [0, 0.05) is 12.7 Å². The van der Waals surface area contributed by atoms with Crippen LogP contribution in [-0.2, 0) is 0 Å². The fourth-order valence-corrected chi connectivity index (χ4v) is 1.48. The van der Waals surface area contributed by atoms with Crippen LogP contribution in [0, 0.1) is 5.82 Å². The van der Waals surface area contributed by atoms with Crippen LogP contribution >= 0.6 is 0 Å². The summed E-state index contributed by atoms with van der Waals surface area (Å²) >= 11 is 0. The highest BCUT2D eigenvalue weighted by atomic mass is 19.1. The summed E-state index contributed by atoms with van der Waals surface area (Å²) in [7, 11) is 1.69. The molecule has 1 aromatic heterocycles. The molecule has 0 bridgehead atoms. The minimum Gasteiger partial charge on any atom is -0.461 e. The van der Waals surface area contributed by atoms with Crippen molar-refractivity contribution >= 4 is 17.6 Å². The third-order valence-corrected chi connectivity index (χ3v) is 2.26. The molecule has 0 radical (unpaired) electrons. The molecule has 0 unspecified atom stereocenters. The van der Waals surface area contributed by atoms with Crippen LogP contribution in [0.5, 0.6) is 6.01 Å². The Balaban J connectivity index is 2.26. The van der Waals surface area contributed by atoms with E-state index in [9.17, 15) is 4.39 Å². The highest BCUT2D eigenvalue weighted by Gasteiger charge is 2.08. The van der Waals surface area contributed by atoms with Crippen LogP contribution in [-0.4, -0.2) is 28.1 Å². The van der Waals surface area contributed by atoms with E-state index >= 15 is 0 Å². The average Bonchev–Trinajstić information content (AvgIpc) is 2.37. The van der Waals surface area contributed by atoms with Crippen molar-refractivity contribution in [2.45, 2.75) is 20.0 Å². The van der Waals surface area contributed by atoms with Crippen molar-refractivity contribution in [3.8, 4) is 6.01 Å². The maximum Gasteiger partial charge on any atom is 0.323 e. The van der Waals surface area contributed by atoms with Crippen molar-refractivity contribution < 1.29 is 9.13 Å². The Labute approximate surface area is 116 Å². The summed E-state index contributed by atoms with van der Waals surface area (Å²) in [5.74, 6) is 0.316. The Bertz CT molecular complexity index is 591. The number of nitrogens with zero attached hydrogens (tertiary/aromatic N) is 3. The second-order valence-corrected chi connectivity index (χ2v) is 4.32. The number of anilines is 3. The van der Waals surface area contributed by atoms with Crippen molar-refractivity contribution in [1.29, 1.82) is 0 Å². The second-order valence-electron chi connectivity index (χ2n) is 4.32. The first-order valence-electron chi connectivity index (χ1n) is 6.20. The molecule has 0 saturated carbocycles. The van der Waals surface area contributed by atoms with Crippen LogP contribution in [0.3, 0.4) is 0 Å². The molecule has 0 amide bonds. The highest BCUT2D eigenvalue weighted by molar-refractivity contribution is 5.54. The fraction of sp³-hybridized carbons (Fsp3) is 0.308. The third-order valence-electron chi connectivity index (χ3n) is 2.26. The Morgan fingerprint density at radius 3 is 2.55 bits per heavy atom. The van der Waals surface area contributed by atoms with E-state index in [1.165, 1.54) is 12.1 Å². The zero-order valence-electron chi connectivity index (χ0n) is 11.5. The summed E-state index contributed by atoms with van der Waals surface area (Å²) in [5, 5.41) is 5.73. The molecule has 0 atom stereocenters. The number of rotatable bonds is 5. The van der Waals surface area contributed by atoms with E-state index in [0.29, 0.717) is 11.6 Å². The van der Waals surface area contributed by atoms with Crippen molar-refractivity contribution in [1.82, 2.24) is 15.0 Å². The number of hydrogen-bond acceptors (Lipinski definition) is 6. The molecule has 106 valence electrons. The molecule has 20 heavy (non-hydrogen) atoms. The van der Waals surface area contributed by atoms with Crippen molar-refractivity contribution in [2.75, 3.05) is 17.7 Å². The molecule has 0 saturated heterocycles. The Morgan fingerprint density at radius 2 is 1.90 bits per heavy atom. The van der Waals surface area contributed by atoms with Crippen molar-refractivity contribution in [3.63, 3.8) is 0 Å². The lowest BCUT2D eigenvalue weighted by Gasteiger charge is -2.11. The number of hydrogen-bond donors (Lipinski definition) is 2. The Kier molecular flexibility index (Phi) is 4.29. The smallest absolute Gasteiger partial charge is 0.323 e. The lowest BCUT2D eigenvalue weighted by Crippen LogP contribution is -2.11. The van der Waals surface area contributed by atoms with Crippen LogP contribution in [0.4, 0.5) is 22.0 Å². The van der Waals surface area contributed by atoms with E-state index in [-0.39, 0.29) is 23.9 Å². The number of benzene rings is 1. The van der Waals surface area contributed by atoms with E-state index in [0.717, 1.165) is 0 Å². The Morgan fingerprint density at radius 1 is 1.15 bits per heavy atom. The van der Waals surface area contributed by atoms with Crippen molar-refractivity contribution in [2.24, 2.45) is 0 Å². The third kappa shape index (κ3) is 3.78. The van der Waals surface area contributed by atoms with E-state index in [1.807, 2.05) is 13.8 Å². The van der Waals surface area contributed by atoms with Crippen LogP contribution in [0.25, 0.3) is 0 Å². The molecular weight excluding hydrogens is 261 g/mol. The molecule has 2 N–H and O–H groups in total. The van der Waals surface area contributed by atoms with Gasteiger partial charge in [0.1, 0.15) is 5.82 Å². The summed E-state index contributed by atoms with van der Waals surface area (Å²) in [4.78, 5) is 12.3. The van der Waals surface area contributed by atoms with Gasteiger partial charge in [0.25, 0.3) is 0 Å². The van der Waals surface area contributed by atoms with Gasteiger partial charge in [-0.2, -0.15) is 15.0 Å². The molecule has 6 nitrogen and oxygen atoms in total. The maximum absolute atomic E-state index is 13.1. The fourth-order valence-electron chi connectivity index (χ4n) is 1.48. The normalized spacial score (nSPS) is 10.4. The van der Waals surface area contributed by atoms with Gasteiger partial charge in [0.15, 0.2) is 0 Å². The first-order valence-corrected chi connectivity index (χ1v) is 6.20. The SMILES string of the molecule is CNc1nc(Nc2cccc(F)c2)nc(OC(C)C)n1. The van der Waals surface area contributed by atoms with Gasteiger partial charge in [-0.1, -0.05) is 6.07 Å². The lowest BCUT2D eigenvalue weighted by atomic mass is 10.3. The molecule has 0 aliphatic carbocycles. The molecular formula is C13H16FN5O.